The van der Waals surface area contributed by atoms with Crippen molar-refractivity contribution in [3.8, 4) is 0 Å². The molecule has 0 saturated carbocycles. The first-order valence-electron chi connectivity index (χ1n) is 30.6. The number of allylic oxidation sites excluding steroid dienone is 8. The van der Waals surface area contributed by atoms with Gasteiger partial charge in [-0.2, -0.15) is 0 Å². The van der Waals surface area contributed by atoms with E-state index < -0.39 is 6.10 Å². The van der Waals surface area contributed by atoms with Crippen molar-refractivity contribution in [2.24, 2.45) is 0 Å². The first-order chi connectivity index (χ1) is 34.5. The fourth-order valence-corrected chi connectivity index (χ4v) is 8.88. The molecule has 6 nitrogen and oxygen atoms in total. The van der Waals surface area contributed by atoms with Gasteiger partial charge in [0.1, 0.15) is 13.2 Å². The number of carbonyl (C=O) groups excluding carboxylic acids is 3. The molecule has 6 heteroatoms. The van der Waals surface area contributed by atoms with Crippen molar-refractivity contribution in [3.05, 3.63) is 48.6 Å². The summed E-state index contributed by atoms with van der Waals surface area (Å²) in [5.74, 6) is -0.888. The van der Waals surface area contributed by atoms with Gasteiger partial charge in [0.15, 0.2) is 6.10 Å². The summed E-state index contributed by atoms with van der Waals surface area (Å²) in [6, 6.07) is 0. The Morgan fingerprint density at radius 3 is 0.857 bits per heavy atom. The summed E-state index contributed by atoms with van der Waals surface area (Å²) in [6.07, 6.45) is 72.6. The van der Waals surface area contributed by atoms with Gasteiger partial charge in [-0.3, -0.25) is 14.4 Å². The van der Waals surface area contributed by atoms with E-state index in [-0.39, 0.29) is 31.1 Å². The molecular weight excluding hydrogens is 865 g/mol. The van der Waals surface area contributed by atoms with E-state index in [1.807, 2.05) is 0 Å². The standard InChI is InChI=1S/C64H116O6/c1-4-7-10-13-16-19-22-25-27-29-30-31-32-33-34-35-37-39-42-45-48-51-54-57-63(66)69-60-61(59-68-62(65)56-53-50-47-44-41-38-24-21-18-15-12-9-6-3)70-64(67)58-55-52-49-46-43-40-36-28-26-23-20-17-14-11-8-5-2/h12,15,21,24,28-30,36,61H,4-11,13-14,16-20,22-23,25-27,31-35,37-60H2,1-3H3/b15-12-,24-21-,30-29-,36-28-. The number of ether oxygens (including phenoxy) is 3. The van der Waals surface area contributed by atoms with Crippen LogP contribution in [0.2, 0.25) is 0 Å². The number of carbonyl (C=O) groups is 3. The fourth-order valence-electron chi connectivity index (χ4n) is 8.88. The second-order valence-corrected chi connectivity index (χ2v) is 20.6. The third-order valence-corrected chi connectivity index (χ3v) is 13.5. The second-order valence-electron chi connectivity index (χ2n) is 20.6. The van der Waals surface area contributed by atoms with Crippen molar-refractivity contribution >= 4 is 17.9 Å². The summed E-state index contributed by atoms with van der Waals surface area (Å²) < 4.78 is 16.9. The van der Waals surface area contributed by atoms with Crippen molar-refractivity contribution in [1.29, 1.82) is 0 Å². The van der Waals surface area contributed by atoms with Crippen molar-refractivity contribution in [3.63, 3.8) is 0 Å². The smallest absolute Gasteiger partial charge is 0.306 e. The topological polar surface area (TPSA) is 78.9 Å². The molecule has 0 aromatic rings. The van der Waals surface area contributed by atoms with E-state index in [9.17, 15) is 14.4 Å². The van der Waals surface area contributed by atoms with Gasteiger partial charge in [-0.05, 0) is 96.3 Å². The van der Waals surface area contributed by atoms with Gasteiger partial charge in [0, 0.05) is 19.3 Å². The van der Waals surface area contributed by atoms with Gasteiger partial charge in [0.05, 0.1) is 0 Å². The van der Waals surface area contributed by atoms with Crippen LogP contribution in [0.25, 0.3) is 0 Å². The van der Waals surface area contributed by atoms with Crippen molar-refractivity contribution in [2.45, 2.75) is 329 Å². The molecule has 0 rings (SSSR count). The van der Waals surface area contributed by atoms with Crippen LogP contribution in [-0.2, 0) is 28.6 Å². The molecule has 0 aliphatic carbocycles. The molecule has 0 fully saturated rings. The lowest BCUT2D eigenvalue weighted by Crippen LogP contribution is -2.30. The summed E-state index contributed by atoms with van der Waals surface area (Å²) in [5.41, 5.74) is 0. The zero-order valence-electron chi connectivity index (χ0n) is 46.8. The predicted molar refractivity (Wildman–Crippen MR) is 302 cm³/mol. The molecule has 0 spiro atoms. The Morgan fingerprint density at radius 2 is 0.543 bits per heavy atom. The molecule has 0 radical (unpaired) electrons. The van der Waals surface area contributed by atoms with E-state index in [0.29, 0.717) is 19.3 Å². The molecule has 0 bridgehead atoms. The van der Waals surface area contributed by atoms with Crippen LogP contribution < -0.4 is 0 Å². The Bertz CT molecular complexity index is 1220. The zero-order valence-corrected chi connectivity index (χ0v) is 46.8. The molecule has 408 valence electrons. The van der Waals surface area contributed by atoms with Crippen molar-refractivity contribution in [1.82, 2.24) is 0 Å². The highest BCUT2D eigenvalue weighted by Crippen LogP contribution is 2.16. The monoisotopic (exact) mass is 981 g/mol. The summed E-state index contributed by atoms with van der Waals surface area (Å²) in [7, 11) is 0. The summed E-state index contributed by atoms with van der Waals surface area (Å²) in [6.45, 7) is 6.59. The minimum absolute atomic E-state index is 0.0795. The van der Waals surface area contributed by atoms with Crippen LogP contribution in [0, 0.1) is 0 Å². The molecule has 70 heavy (non-hydrogen) atoms. The molecule has 0 heterocycles. The van der Waals surface area contributed by atoms with Crippen molar-refractivity contribution < 1.29 is 28.6 Å². The number of esters is 3. The minimum Gasteiger partial charge on any atom is -0.462 e. The Balaban J connectivity index is 4.30. The van der Waals surface area contributed by atoms with Crippen LogP contribution >= 0.6 is 0 Å². The molecule has 0 aromatic heterocycles. The Kier molecular flexibility index (Phi) is 56.7. The van der Waals surface area contributed by atoms with Crippen LogP contribution in [0.3, 0.4) is 0 Å². The third-order valence-electron chi connectivity index (χ3n) is 13.5. The first-order valence-corrected chi connectivity index (χ1v) is 30.6. The Hall–Kier alpha value is -2.63. The van der Waals surface area contributed by atoms with E-state index >= 15 is 0 Å². The van der Waals surface area contributed by atoms with Crippen molar-refractivity contribution in [2.75, 3.05) is 13.2 Å². The van der Waals surface area contributed by atoms with Crippen LogP contribution in [0.5, 0.6) is 0 Å². The van der Waals surface area contributed by atoms with Crippen LogP contribution in [0.1, 0.15) is 323 Å². The maximum absolute atomic E-state index is 12.9. The van der Waals surface area contributed by atoms with Gasteiger partial charge in [0.25, 0.3) is 0 Å². The van der Waals surface area contributed by atoms with E-state index in [1.54, 1.807) is 0 Å². The van der Waals surface area contributed by atoms with Crippen LogP contribution in [0.4, 0.5) is 0 Å². The molecule has 1 atom stereocenters. The average Bonchev–Trinajstić information content (AvgIpc) is 3.36. The second kappa shape index (κ2) is 58.9. The predicted octanol–water partition coefficient (Wildman–Crippen LogP) is 20.6. The molecule has 0 saturated heterocycles. The summed E-state index contributed by atoms with van der Waals surface area (Å²) >= 11 is 0. The number of hydrogen-bond acceptors (Lipinski definition) is 6. The lowest BCUT2D eigenvalue weighted by atomic mass is 10.0. The van der Waals surface area contributed by atoms with Crippen LogP contribution in [0.15, 0.2) is 48.6 Å². The molecule has 0 aliphatic rings. The average molecular weight is 982 g/mol. The lowest BCUT2D eigenvalue weighted by molar-refractivity contribution is -0.167. The minimum atomic E-state index is -0.783. The quantitative estimate of drug-likeness (QED) is 0.0261. The van der Waals surface area contributed by atoms with E-state index in [0.717, 1.165) is 96.3 Å². The van der Waals surface area contributed by atoms with Gasteiger partial charge in [-0.15, -0.1) is 0 Å². The summed E-state index contributed by atoms with van der Waals surface area (Å²) in [4.78, 5) is 38.2. The lowest BCUT2D eigenvalue weighted by Gasteiger charge is -2.18. The molecule has 0 N–H and O–H groups in total. The zero-order chi connectivity index (χ0) is 50.7. The highest BCUT2D eigenvalue weighted by atomic mass is 16.6. The first kappa shape index (κ1) is 67.4. The molecule has 1 unspecified atom stereocenters. The highest BCUT2D eigenvalue weighted by Gasteiger charge is 2.19. The SMILES string of the molecule is CCC/C=C\C/C=C\CCCCCCCC(=O)OCC(COC(=O)CCCCCCCCCCCCC/C=C\CCCCCCCCCC)OC(=O)CCCCCCC/C=C\CCCCCCCCC. The largest absolute Gasteiger partial charge is 0.462 e. The van der Waals surface area contributed by atoms with E-state index in [1.165, 1.54) is 186 Å². The number of hydrogen-bond donors (Lipinski definition) is 0. The van der Waals surface area contributed by atoms with Gasteiger partial charge in [0.2, 0.25) is 0 Å². The maximum Gasteiger partial charge on any atom is 0.306 e. The number of rotatable bonds is 56. The van der Waals surface area contributed by atoms with Gasteiger partial charge in [-0.25, -0.2) is 0 Å². The van der Waals surface area contributed by atoms with E-state index in [2.05, 4.69) is 69.4 Å². The Morgan fingerprint density at radius 1 is 0.286 bits per heavy atom. The molecular formula is C64H116O6. The van der Waals surface area contributed by atoms with Gasteiger partial charge < -0.3 is 14.2 Å². The highest BCUT2D eigenvalue weighted by molar-refractivity contribution is 5.71. The molecule has 0 aliphatic heterocycles. The summed E-state index contributed by atoms with van der Waals surface area (Å²) in [5, 5.41) is 0. The van der Waals surface area contributed by atoms with Gasteiger partial charge >= 0.3 is 17.9 Å². The molecule has 0 amide bonds. The Labute approximate surface area is 435 Å². The van der Waals surface area contributed by atoms with Gasteiger partial charge in [-0.1, -0.05) is 256 Å². The third kappa shape index (κ3) is 56.3. The van der Waals surface area contributed by atoms with Crippen LogP contribution in [-0.4, -0.2) is 37.2 Å². The molecule has 0 aromatic carbocycles. The normalized spacial score (nSPS) is 12.3. The maximum atomic E-state index is 12.9. The van der Waals surface area contributed by atoms with E-state index in [4.69, 9.17) is 14.2 Å². The fraction of sp³-hybridized carbons (Fsp3) is 0.828. The number of unbranched alkanes of at least 4 members (excludes halogenated alkanes) is 37.